The van der Waals surface area contributed by atoms with Crippen LogP contribution in [0.4, 0.5) is 10.1 Å². The van der Waals surface area contributed by atoms with Crippen LogP contribution in [0.3, 0.4) is 0 Å². The molecule has 0 aromatic heterocycles. The lowest BCUT2D eigenvalue weighted by Gasteiger charge is -2.36. The van der Waals surface area contributed by atoms with Crippen LogP contribution in [0.1, 0.15) is 10.4 Å². The second kappa shape index (κ2) is 11.3. The molecule has 172 valence electrons. The first-order valence-corrected chi connectivity index (χ1v) is 10.4. The van der Waals surface area contributed by atoms with Crippen molar-refractivity contribution in [1.82, 2.24) is 10.2 Å². The molecule has 9 heteroatoms. The zero-order chi connectivity index (χ0) is 22.9. The number of hydrogen-bond acceptors (Lipinski definition) is 7. The summed E-state index contributed by atoms with van der Waals surface area (Å²) in [7, 11) is 2.75. The number of carbonyl (C=O) groups is 2. The molecule has 1 heterocycles. The van der Waals surface area contributed by atoms with Crippen LogP contribution >= 0.6 is 0 Å². The van der Waals surface area contributed by atoms with Gasteiger partial charge in [-0.25, -0.2) is 9.18 Å². The molecule has 0 aliphatic carbocycles. The van der Waals surface area contributed by atoms with E-state index < -0.39 is 5.97 Å². The standard InChI is InChI=1S/C23H28FN3O5/c1-30-21-15-17(3-8-20(21)32-16-22(28)31-2)23(29)25-9-10-26-11-13-27(14-12-26)19-6-4-18(24)5-7-19/h3-8,15H,9-14,16H2,1-2H3,(H,25,29). The zero-order valence-electron chi connectivity index (χ0n) is 18.3. The van der Waals surface area contributed by atoms with E-state index in [0.29, 0.717) is 23.6 Å². The molecule has 1 saturated heterocycles. The predicted octanol–water partition coefficient (Wildman–Crippen LogP) is 1.94. The van der Waals surface area contributed by atoms with E-state index in [4.69, 9.17) is 9.47 Å². The first kappa shape index (κ1) is 23.3. The molecule has 32 heavy (non-hydrogen) atoms. The number of nitrogens with zero attached hydrogens (tertiary/aromatic N) is 2. The lowest BCUT2D eigenvalue weighted by Crippen LogP contribution is -2.48. The minimum Gasteiger partial charge on any atom is -0.493 e. The summed E-state index contributed by atoms with van der Waals surface area (Å²) in [5.74, 6) is -0.240. The minimum atomic E-state index is -0.507. The fraction of sp³-hybridized carbons (Fsp3) is 0.391. The van der Waals surface area contributed by atoms with Crippen LogP contribution in [0, 0.1) is 5.82 Å². The van der Waals surface area contributed by atoms with Gasteiger partial charge in [0.2, 0.25) is 0 Å². The highest BCUT2D eigenvalue weighted by Gasteiger charge is 2.18. The molecule has 1 amide bonds. The quantitative estimate of drug-likeness (QED) is 0.591. The molecule has 8 nitrogen and oxygen atoms in total. The Bertz CT molecular complexity index is 914. The van der Waals surface area contributed by atoms with Gasteiger partial charge in [0.15, 0.2) is 18.1 Å². The van der Waals surface area contributed by atoms with Gasteiger partial charge in [-0.1, -0.05) is 0 Å². The smallest absolute Gasteiger partial charge is 0.343 e. The topological polar surface area (TPSA) is 80.3 Å². The summed E-state index contributed by atoms with van der Waals surface area (Å²) in [5, 5.41) is 2.92. The Kier molecular flexibility index (Phi) is 8.27. The highest BCUT2D eigenvalue weighted by Crippen LogP contribution is 2.28. The van der Waals surface area contributed by atoms with Gasteiger partial charge in [-0.2, -0.15) is 0 Å². The SMILES string of the molecule is COC(=O)COc1ccc(C(=O)NCCN2CCN(c3ccc(F)cc3)CC2)cc1OC. The normalized spacial score (nSPS) is 14.0. The Balaban J connectivity index is 1.43. The Morgan fingerprint density at radius 2 is 1.72 bits per heavy atom. The maximum absolute atomic E-state index is 13.1. The molecule has 1 fully saturated rings. The van der Waals surface area contributed by atoms with Gasteiger partial charge in [-0.05, 0) is 42.5 Å². The summed E-state index contributed by atoms with van der Waals surface area (Å²) in [6.45, 7) is 4.44. The van der Waals surface area contributed by atoms with E-state index in [9.17, 15) is 14.0 Å². The van der Waals surface area contributed by atoms with Crippen LogP contribution in [0.15, 0.2) is 42.5 Å². The molecular formula is C23H28FN3O5. The number of anilines is 1. The third kappa shape index (κ3) is 6.34. The van der Waals surface area contributed by atoms with Crippen LogP contribution in [0.25, 0.3) is 0 Å². The molecule has 3 rings (SSSR count). The minimum absolute atomic E-state index is 0.215. The first-order valence-electron chi connectivity index (χ1n) is 10.4. The summed E-state index contributed by atoms with van der Waals surface area (Å²) in [4.78, 5) is 28.3. The van der Waals surface area contributed by atoms with Crippen molar-refractivity contribution in [3.8, 4) is 11.5 Å². The molecular weight excluding hydrogens is 417 g/mol. The highest BCUT2D eigenvalue weighted by molar-refractivity contribution is 5.94. The van der Waals surface area contributed by atoms with E-state index in [2.05, 4.69) is 19.9 Å². The third-order valence-electron chi connectivity index (χ3n) is 5.28. The molecule has 1 aliphatic rings. The summed E-state index contributed by atoms with van der Waals surface area (Å²) < 4.78 is 28.3. The fourth-order valence-electron chi connectivity index (χ4n) is 3.43. The molecule has 0 saturated carbocycles. The first-order chi connectivity index (χ1) is 15.5. The summed E-state index contributed by atoms with van der Waals surface area (Å²) in [6.07, 6.45) is 0. The van der Waals surface area contributed by atoms with Gasteiger partial charge in [0.25, 0.3) is 5.91 Å². The van der Waals surface area contributed by atoms with Crippen molar-refractivity contribution < 1.29 is 28.2 Å². The average molecular weight is 445 g/mol. The molecule has 1 N–H and O–H groups in total. The van der Waals surface area contributed by atoms with Crippen molar-refractivity contribution >= 4 is 17.6 Å². The molecule has 0 spiro atoms. The van der Waals surface area contributed by atoms with Crippen molar-refractivity contribution in [3.63, 3.8) is 0 Å². The number of esters is 1. The number of benzene rings is 2. The largest absolute Gasteiger partial charge is 0.493 e. The Morgan fingerprint density at radius 3 is 2.38 bits per heavy atom. The molecule has 0 unspecified atom stereocenters. The van der Waals surface area contributed by atoms with Crippen LogP contribution in [0.2, 0.25) is 0 Å². The Labute approximate surface area is 186 Å². The van der Waals surface area contributed by atoms with Gasteiger partial charge in [0, 0.05) is 50.5 Å². The number of ether oxygens (including phenoxy) is 3. The van der Waals surface area contributed by atoms with Crippen molar-refractivity contribution in [2.45, 2.75) is 0 Å². The number of methoxy groups -OCH3 is 2. The van der Waals surface area contributed by atoms with Crippen LogP contribution in [0.5, 0.6) is 11.5 Å². The van der Waals surface area contributed by atoms with Crippen LogP contribution < -0.4 is 19.7 Å². The maximum Gasteiger partial charge on any atom is 0.343 e. The van der Waals surface area contributed by atoms with E-state index in [0.717, 1.165) is 38.4 Å². The average Bonchev–Trinajstić information content (AvgIpc) is 2.83. The van der Waals surface area contributed by atoms with Gasteiger partial charge in [0.1, 0.15) is 5.82 Å². The second-order valence-electron chi connectivity index (χ2n) is 7.29. The zero-order valence-corrected chi connectivity index (χ0v) is 18.3. The second-order valence-corrected chi connectivity index (χ2v) is 7.29. The van der Waals surface area contributed by atoms with Crippen molar-refractivity contribution in [2.24, 2.45) is 0 Å². The highest BCUT2D eigenvalue weighted by atomic mass is 19.1. The number of amides is 1. The van der Waals surface area contributed by atoms with Crippen LogP contribution in [-0.2, 0) is 9.53 Å². The summed E-state index contributed by atoms with van der Waals surface area (Å²) in [5.41, 5.74) is 1.46. The Morgan fingerprint density at radius 1 is 1.00 bits per heavy atom. The number of carbonyl (C=O) groups excluding carboxylic acids is 2. The lowest BCUT2D eigenvalue weighted by molar-refractivity contribution is -0.142. The van der Waals surface area contributed by atoms with E-state index in [1.165, 1.54) is 26.4 Å². The number of hydrogen-bond donors (Lipinski definition) is 1. The van der Waals surface area contributed by atoms with Gasteiger partial charge in [-0.3, -0.25) is 9.69 Å². The lowest BCUT2D eigenvalue weighted by atomic mass is 10.2. The number of piperazine rings is 1. The number of nitrogens with one attached hydrogen (secondary N) is 1. The summed E-state index contributed by atoms with van der Waals surface area (Å²) >= 11 is 0. The molecule has 0 bridgehead atoms. The van der Waals surface area contributed by atoms with E-state index in [1.807, 2.05) is 0 Å². The number of rotatable bonds is 9. The van der Waals surface area contributed by atoms with Gasteiger partial charge >= 0.3 is 5.97 Å². The molecule has 2 aromatic rings. The van der Waals surface area contributed by atoms with Gasteiger partial charge < -0.3 is 24.4 Å². The summed E-state index contributed by atoms with van der Waals surface area (Å²) in [6, 6.07) is 11.3. The van der Waals surface area contributed by atoms with Crippen molar-refractivity contribution in [3.05, 3.63) is 53.8 Å². The predicted molar refractivity (Wildman–Crippen MR) is 118 cm³/mol. The monoisotopic (exact) mass is 445 g/mol. The van der Waals surface area contributed by atoms with E-state index in [1.54, 1.807) is 30.3 Å². The number of halogens is 1. The fourth-order valence-corrected chi connectivity index (χ4v) is 3.43. The molecule has 0 atom stereocenters. The maximum atomic E-state index is 13.1. The van der Waals surface area contributed by atoms with Crippen LogP contribution in [-0.4, -0.2) is 76.9 Å². The van der Waals surface area contributed by atoms with Gasteiger partial charge in [0.05, 0.1) is 14.2 Å². The van der Waals surface area contributed by atoms with E-state index >= 15 is 0 Å². The van der Waals surface area contributed by atoms with E-state index in [-0.39, 0.29) is 18.3 Å². The molecule has 1 aliphatic heterocycles. The molecule has 2 aromatic carbocycles. The van der Waals surface area contributed by atoms with Crippen molar-refractivity contribution in [2.75, 3.05) is 65.0 Å². The van der Waals surface area contributed by atoms with Gasteiger partial charge in [-0.15, -0.1) is 0 Å². The van der Waals surface area contributed by atoms with Crippen molar-refractivity contribution in [1.29, 1.82) is 0 Å². The third-order valence-corrected chi connectivity index (χ3v) is 5.28. The molecule has 0 radical (unpaired) electrons. The Hall–Kier alpha value is -3.33.